The van der Waals surface area contributed by atoms with E-state index >= 15 is 0 Å². The molecular weight excluding hydrogens is 194 g/mol. The van der Waals surface area contributed by atoms with Gasteiger partial charge in [-0.25, -0.2) is 0 Å². The summed E-state index contributed by atoms with van der Waals surface area (Å²) < 4.78 is 0. The first kappa shape index (κ1) is 11.7. The van der Waals surface area contributed by atoms with Crippen molar-refractivity contribution in [2.75, 3.05) is 6.54 Å². The maximum Gasteiger partial charge on any atom is 0.00787 e. The highest BCUT2D eigenvalue weighted by molar-refractivity contribution is 5.22. The molecule has 88 valence electrons. The van der Waals surface area contributed by atoms with Crippen molar-refractivity contribution in [3.8, 4) is 0 Å². The Hall–Kier alpha value is -0.820. The van der Waals surface area contributed by atoms with Crippen LogP contribution in [0, 0.1) is 5.92 Å². The molecule has 0 heterocycles. The van der Waals surface area contributed by atoms with Gasteiger partial charge in [0.25, 0.3) is 0 Å². The van der Waals surface area contributed by atoms with Crippen LogP contribution in [0.25, 0.3) is 0 Å². The third-order valence-electron chi connectivity index (χ3n) is 3.56. The summed E-state index contributed by atoms with van der Waals surface area (Å²) in [6, 6.07) is 11.7. The van der Waals surface area contributed by atoms with Crippen molar-refractivity contribution in [2.45, 2.75) is 45.1 Å². The molecule has 0 spiro atoms. The highest BCUT2D eigenvalue weighted by Crippen LogP contribution is 2.36. The number of rotatable bonds is 5. The molecule has 0 radical (unpaired) electrons. The van der Waals surface area contributed by atoms with E-state index in [9.17, 15) is 0 Å². The Labute approximate surface area is 99.3 Å². The summed E-state index contributed by atoms with van der Waals surface area (Å²) in [7, 11) is 0. The van der Waals surface area contributed by atoms with Crippen LogP contribution in [0.4, 0.5) is 0 Å². The maximum absolute atomic E-state index is 3.65. The topological polar surface area (TPSA) is 12.0 Å². The molecule has 0 amide bonds. The standard InChI is InChI=1S/C15H23N/c1-12(2)8-9-16-15-10-14(11-15)13-6-4-3-5-7-13/h3-7,12,14-16H,8-11H2,1-2H3. The molecule has 1 fully saturated rings. The third kappa shape index (κ3) is 3.08. The van der Waals surface area contributed by atoms with Gasteiger partial charge < -0.3 is 5.32 Å². The largest absolute Gasteiger partial charge is 0.314 e. The lowest BCUT2D eigenvalue weighted by molar-refractivity contribution is 0.286. The second kappa shape index (κ2) is 5.49. The van der Waals surface area contributed by atoms with Gasteiger partial charge in [-0.2, -0.15) is 0 Å². The van der Waals surface area contributed by atoms with Gasteiger partial charge in [-0.1, -0.05) is 44.2 Å². The summed E-state index contributed by atoms with van der Waals surface area (Å²) in [6.07, 6.45) is 3.94. The number of hydrogen-bond donors (Lipinski definition) is 1. The second-order valence-corrected chi connectivity index (χ2v) is 5.41. The molecule has 1 aromatic rings. The van der Waals surface area contributed by atoms with E-state index in [0.717, 1.165) is 17.9 Å². The average molecular weight is 217 g/mol. The van der Waals surface area contributed by atoms with Gasteiger partial charge in [0, 0.05) is 6.04 Å². The van der Waals surface area contributed by atoms with Crippen LogP contribution in [-0.4, -0.2) is 12.6 Å². The van der Waals surface area contributed by atoms with Crippen LogP contribution in [0.15, 0.2) is 30.3 Å². The second-order valence-electron chi connectivity index (χ2n) is 5.41. The van der Waals surface area contributed by atoms with Crippen LogP contribution in [0.3, 0.4) is 0 Å². The highest BCUT2D eigenvalue weighted by Gasteiger charge is 2.29. The number of benzene rings is 1. The SMILES string of the molecule is CC(C)CCNC1CC(c2ccccc2)C1. The molecule has 0 aromatic heterocycles. The Kier molecular flexibility index (Phi) is 4.00. The minimum Gasteiger partial charge on any atom is -0.314 e. The monoisotopic (exact) mass is 217 g/mol. The van der Waals surface area contributed by atoms with Gasteiger partial charge >= 0.3 is 0 Å². The first-order chi connectivity index (χ1) is 7.75. The normalized spacial score (nSPS) is 24.4. The van der Waals surface area contributed by atoms with E-state index in [1.54, 1.807) is 0 Å². The van der Waals surface area contributed by atoms with E-state index in [1.165, 1.54) is 31.4 Å². The van der Waals surface area contributed by atoms with Gasteiger partial charge in [-0.05, 0) is 43.2 Å². The fourth-order valence-electron chi connectivity index (χ4n) is 2.36. The molecule has 1 aliphatic rings. The Morgan fingerprint density at radius 1 is 1.19 bits per heavy atom. The summed E-state index contributed by atoms with van der Waals surface area (Å²) >= 11 is 0. The van der Waals surface area contributed by atoms with Crippen molar-refractivity contribution in [2.24, 2.45) is 5.92 Å². The Morgan fingerprint density at radius 2 is 1.88 bits per heavy atom. The van der Waals surface area contributed by atoms with Crippen molar-refractivity contribution in [1.29, 1.82) is 0 Å². The number of nitrogens with one attached hydrogen (secondary N) is 1. The molecular formula is C15H23N. The molecule has 0 bridgehead atoms. The van der Waals surface area contributed by atoms with Crippen molar-refractivity contribution < 1.29 is 0 Å². The van der Waals surface area contributed by atoms with Gasteiger partial charge in [0.1, 0.15) is 0 Å². The van der Waals surface area contributed by atoms with Gasteiger partial charge in [0.05, 0.1) is 0 Å². The summed E-state index contributed by atoms with van der Waals surface area (Å²) in [4.78, 5) is 0. The zero-order chi connectivity index (χ0) is 11.4. The minimum absolute atomic E-state index is 0.768. The summed E-state index contributed by atoms with van der Waals surface area (Å²) in [5.41, 5.74) is 1.52. The van der Waals surface area contributed by atoms with Crippen molar-refractivity contribution in [3.63, 3.8) is 0 Å². The van der Waals surface area contributed by atoms with Crippen LogP contribution in [0.5, 0.6) is 0 Å². The Bertz CT molecular complexity index is 298. The van der Waals surface area contributed by atoms with Gasteiger partial charge in [0.15, 0.2) is 0 Å². The zero-order valence-corrected chi connectivity index (χ0v) is 10.4. The van der Waals surface area contributed by atoms with Crippen LogP contribution in [0.2, 0.25) is 0 Å². The molecule has 1 saturated carbocycles. The van der Waals surface area contributed by atoms with E-state index < -0.39 is 0 Å². The first-order valence-corrected chi connectivity index (χ1v) is 6.54. The van der Waals surface area contributed by atoms with E-state index in [4.69, 9.17) is 0 Å². The van der Waals surface area contributed by atoms with Crippen molar-refractivity contribution >= 4 is 0 Å². The molecule has 0 saturated heterocycles. The molecule has 2 rings (SSSR count). The predicted octanol–water partition coefficient (Wildman–Crippen LogP) is 3.57. The van der Waals surface area contributed by atoms with E-state index in [-0.39, 0.29) is 0 Å². The lowest BCUT2D eigenvalue weighted by Gasteiger charge is -2.36. The summed E-state index contributed by atoms with van der Waals surface area (Å²) in [5.74, 6) is 1.62. The predicted molar refractivity (Wildman–Crippen MR) is 69.7 cm³/mol. The van der Waals surface area contributed by atoms with E-state index in [1.807, 2.05) is 0 Å². The third-order valence-corrected chi connectivity index (χ3v) is 3.56. The molecule has 1 nitrogen and oxygen atoms in total. The van der Waals surface area contributed by atoms with Crippen LogP contribution >= 0.6 is 0 Å². The molecule has 16 heavy (non-hydrogen) atoms. The summed E-state index contributed by atoms with van der Waals surface area (Å²) in [5, 5.41) is 3.65. The quantitative estimate of drug-likeness (QED) is 0.795. The highest BCUT2D eigenvalue weighted by atomic mass is 14.9. The maximum atomic E-state index is 3.65. The van der Waals surface area contributed by atoms with Crippen LogP contribution in [0.1, 0.15) is 44.6 Å². The molecule has 0 aliphatic heterocycles. The van der Waals surface area contributed by atoms with E-state index in [0.29, 0.717) is 0 Å². The van der Waals surface area contributed by atoms with Crippen molar-refractivity contribution in [1.82, 2.24) is 5.32 Å². The van der Waals surface area contributed by atoms with Crippen molar-refractivity contribution in [3.05, 3.63) is 35.9 Å². The fourth-order valence-corrected chi connectivity index (χ4v) is 2.36. The van der Waals surface area contributed by atoms with Gasteiger partial charge in [-0.3, -0.25) is 0 Å². The molecule has 0 atom stereocenters. The molecule has 1 N–H and O–H groups in total. The van der Waals surface area contributed by atoms with Crippen LogP contribution in [-0.2, 0) is 0 Å². The molecule has 1 aliphatic carbocycles. The number of hydrogen-bond acceptors (Lipinski definition) is 1. The van der Waals surface area contributed by atoms with Gasteiger partial charge in [0.2, 0.25) is 0 Å². The van der Waals surface area contributed by atoms with Gasteiger partial charge in [-0.15, -0.1) is 0 Å². The Morgan fingerprint density at radius 3 is 2.50 bits per heavy atom. The first-order valence-electron chi connectivity index (χ1n) is 6.54. The summed E-state index contributed by atoms with van der Waals surface area (Å²) in [6.45, 7) is 5.76. The average Bonchev–Trinajstić information content (AvgIpc) is 2.22. The van der Waals surface area contributed by atoms with Crippen LogP contribution < -0.4 is 5.32 Å². The molecule has 0 unspecified atom stereocenters. The fraction of sp³-hybridized carbons (Fsp3) is 0.600. The molecule has 1 aromatic carbocycles. The lowest BCUT2D eigenvalue weighted by Crippen LogP contribution is -2.40. The molecule has 1 heteroatoms. The minimum atomic E-state index is 0.768. The lowest BCUT2D eigenvalue weighted by atomic mass is 9.76. The zero-order valence-electron chi connectivity index (χ0n) is 10.4. The Balaban J connectivity index is 1.66. The van der Waals surface area contributed by atoms with E-state index in [2.05, 4.69) is 49.5 Å². The smallest absolute Gasteiger partial charge is 0.00787 e.